The van der Waals surface area contributed by atoms with Crippen LogP contribution in [0.15, 0.2) is 18.2 Å². The van der Waals surface area contributed by atoms with Crippen LogP contribution in [0.4, 0.5) is 18.9 Å². The summed E-state index contributed by atoms with van der Waals surface area (Å²) < 4.78 is 37.6. The maximum absolute atomic E-state index is 12.5. The SMILES string of the molecule is CNC(C)C(=O)Nc1ccc(C(F)(F)F)cc1C(=O)O. The van der Waals surface area contributed by atoms with Gasteiger partial charge in [-0.25, -0.2) is 4.79 Å². The molecular formula is C12H13F3N2O3. The molecule has 0 aliphatic heterocycles. The van der Waals surface area contributed by atoms with Crippen LogP contribution in [0.2, 0.25) is 0 Å². The minimum Gasteiger partial charge on any atom is -0.478 e. The smallest absolute Gasteiger partial charge is 0.416 e. The lowest BCUT2D eigenvalue weighted by Crippen LogP contribution is -2.35. The number of amides is 1. The molecule has 5 nitrogen and oxygen atoms in total. The first-order valence-corrected chi connectivity index (χ1v) is 5.59. The van der Waals surface area contributed by atoms with Crippen molar-refractivity contribution in [2.24, 2.45) is 0 Å². The van der Waals surface area contributed by atoms with E-state index in [4.69, 9.17) is 5.11 Å². The Bertz CT molecular complexity index is 529. The molecule has 0 aromatic heterocycles. The Morgan fingerprint density at radius 3 is 2.35 bits per heavy atom. The fourth-order valence-electron chi connectivity index (χ4n) is 1.38. The molecule has 0 bridgehead atoms. The van der Waals surface area contributed by atoms with E-state index in [1.165, 1.54) is 14.0 Å². The van der Waals surface area contributed by atoms with E-state index >= 15 is 0 Å². The third-order valence-electron chi connectivity index (χ3n) is 2.66. The number of carboxylic acids is 1. The molecule has 0 aliphatic rings. The molecule has 1 aromatic carbocycles. The average Bonchev–Trinajstić information content (AvgIpc) is 2.36. The largest absolute Gasteiger partial charge is 0.478 e. The van der Waals surface area contributed by atoms with Crippen LogP contribution in [0.1, 0.15) is 22.8 Å². The van der Waals surface area contributed by atoms with E-state index in [-0.39, 0.29) is 5.69 Å². The fourth-order valence-corrected chi connectivity index (χ4v) is 1.38. The third-order valence-corrected chi connectivity index (χ3v) is 2.66. The quantitative estimate of drug-likeness (QED) is 0.792. The number of carboxylic acid groups (broad SMARTS) is 1. The molecule has 1 aromatic rings. The maximum Gasteiger partial charge on any atom is 0.416 e. The predicted molar refractivity (Wildman–Crippen MR) is 65.6 cm³/mol. The van der Waals surface area contributed by atoms with Gasteiger partial charge >= 0.3 is 12.1 Å². The Labute approximate surface area is 112 Å². The van der Waals surface area contributed by atoms with Gasteiger partial charge in [0, 0.05) is 0 Å². The number of anilines is 1. The van der Waals surface area contributed by atoms with Crippen molar-refractivity contribution in [3.05, 3.63) is 29.3 Å². The highest BCUT2D eigenvalue weighted by Crippen LogP contribution is 2.31. The second-order valence-electron chi connectivity index (χ2n) is 4.06. The van der Waals surface area contributed by atoms with Crippen LogP contribution in [-0.2, 0) is 11.0 Å². The second kappa shape index (κ2) is 5.91. The summed E-state index contributed by atoms with van der Waals surface area (Å²) in [5, 5.41) is 13.8. The van der Waals surface area contributed by atoms with Gasteiger partial charge in [0.05, 0.1) is 22.9 Å². The number of nitrogens with one attached hydrogen (secondary N) is 2. The average molecular weight is 290 g/mol. The highest BCUT2D eigenvalue weighted by Gasteiger charge is 2.32. The summed E-state index contributed by atoms with van der Waals surface area (Å²) in [5.74, 6) is -2.10. The number of alkyl halides is 3. The van der Waals surface area contributed by atoms with E-state index in [0.29, 0.717) is 12.1 Å². The Morgan fingerprint density at radius 1 is 1.30 bits per heavy atom. The van der Waals surface area contributed by atoms with Crippen molar-refractivity contribution in [3.63, 3.8) is 0 Å². The van der Waals surface area contributed by atoms with Gasteiger partial charge in [-0.1, -0.05) is 0 Å². The fraction of sp³-hybridized carbons (Fsp3) is 0.333. The van der Waals surface area contributed by atoms with E-state index < -0.39 is 35.2 Å². The van der Waals surface area contributed by atoms with Crippen molar-refractivity contribution in [1.29, 1.82) is 0 Å². The van der Waals surface area contributed by atoms with Crippen molar-refractivity contribution in [1.82, 2.24) is 5.32 Å². The van der Waals surface area contributed by atoms with Gasteiger partial charge in [0.1, 0.15) is 0 Å². The van der Waals surface area contributed by atoms with Crippen molar-refractivity contribution in [2.75, 3.05) is 12.4 Å². The molecule has 20 heavy (non-hydrogen) atoms. The number of benzene rings is 1. The van der Waals surface area contributed by atoms with Crippen LogP contribution in [0.3, 0.4) is 0 Å². The molecule has 110 valence electrons. The van der Waals surface area contributed by atoms with Gasteiger partial charge in [0.15, 0.2) is 0 Å². The van der Waals surface area contributed by atoms with Crippen LogP contribution in [0.5, 0.6) is 0 Å². The normalized spacial score (nSPS) is 12.8. The van der Waals surface area contributed by atoms with Gasteiger partial charge in [0.25, 0.3) is 0 Å². The topological polar surface area (TPSA) is 78.4 Å². The molecule has 0 spiro atoms. The first-order valence-electron chi connectivity index (χ1n) is 5.59. The van der Waals surface area contributed by atoms with Gasteiger partial charge in [-0.3, -0.25) is 4.79 Å². The molecule has 0 saturated carbocycles. The molecule has 1 atom stereocenters. The van der Waals surface area contributed by atoms with Crippen LogP contribution >= 0.6 is 0 Å². The number of rotatable bonds is 4. The zero-order chi connectivity index (χ0) is 15.5. The van der Waals surface area contributed by atoms with Crippen LogP contribution in [0, 0.1) is 0 Å². The van der Waals surface area contributed by atoms with E-state index in [1.54, 1.807) is 0 Å². The summed E-state index contributed by atoms with van der Waals surface area (Å²) in [6.45, 7) is 1.53. The van der Waals surface area contributed by atoms with E-state index in [9.17, 15) is 22.8 Å². The summed E-state index contributed by atoms with van der Waals surface area (Å²) in [6, 6.07) is 1.51. The Kier molecular flexibility index (Phi) is 4.72. The van der Waals surface area contributed by atoms with Gasteiger partial charge in [-0.2, -0.15) is 13.2 Å². The molecule has 1 unspecified atom stereocenters. The second-order valence-corrected chi connectivity index (χ2v) is 4.06. The van der Waals surface area contributed by atoms with Crippen LogP contribution < -0.4 is 10.6 Å². The number of hydrogen-bond acceptors (Lipinski definition) is 3. The van der Waals surface area contributed by atoms with Crippen LogP contribution in [-0.4, -0.2) is 30.1 Å². The lowest BCUT2D eigenvalue weighted by atomic mass is 10.1. The molecule has 0 radical (unpaired) electrons. The minimum absolute atomic E-state index is 0.183. The highest BCUT2D eigenvalue weighted by atomic mass is 19.4. The van der Waals surface area contributed by atoms with E-state index in [1.807, 2.05) is 0 Å². The standard InChI is InChI=1S/C12H13F3N2O3/c1-6(16-2)10(18)17-9-4-3-7(12(13,14)15)5-8(9)11(19)20/h3-6,16H,1-2H3,(H,17,18)(H,19,20). The van der Waals surface area contributed by atoms with Gasteiger partial charge < -0.3 is 15.7 Å². The maximum atomic E-state index is 12.5. The Hall–Kier alpha value is -2.09. The monoisotopic (exact) mass is 290 g/mol. The minimum atomic E-state index is -4.65. The third kappa shape index (κ3) is 3.70. The number of halogens is 3. The summed E-state index contributed by atoms with van der Waals surface area (Å²) in [6.07, 6.45) is -4.65. The first kappa shape index (κ1) is 16.0. The lowest BCUT2D eigenvalue weighted by molar-refractivity contribution is -0.137. The molecule has 1 amide bonds. The van der Waals surface area contributed by atoms with Crippen molar-refractivity contribution >= 4 is 17.6 Å². The zero-order valence-electron chi connectivity index (χ0n) is 10.7. The van der Waals surface area contributed by atoms with Crippen molar-refractivity contribution < 1.29 is 27.9 Å². The van der Waals surface area contributed by atoms with Gasteiger partial charge in [0.2, 0.25) is 5.91 Å². The van der Waals surface area contributed by atoms with Gasteiger partial charge in [-0.05, 0) is 32.2 Å². The number of hydrogen-bond donors (Lipinski definition) is 3. The van der Waals surface area contributed by atoms with Crippen LogP contribution in [0.25, 0.3) is 0 Å². The number of carbonyl (C=O) groups excluding carboxylic acids is 1. The molecule has 3 N–H and O–H groups in total. The summed E-state index contributed by atoms with van der Waals surface area (Å²) in [5.41, 5.74) is -1.89. The van der Waals surface area contributed by atoms with Crippen molar-refractivity contribution in [3.8, 4) is 0 Å². The van der Waals surface area contributed by atoms with E-state index in [2.05, 4.69) is 10.6 Å². The zero-order valence-corrected chi connectivity index (χ0v) is 10.7. The summed E-state index contributed by atoms with van der Waals surface area (Å²) in [4.78, 5) is 22.6. The predicted octanol–water partition coefficient (Wildman–Crippen LogP) is 1.95. The molecular weight excluding hydrogens is 277 g/mol. The molecule has 1 rings (SSSR count). The summed E-state index contributed by atoms with van der Waals surface area (Å²) in [7, 11) is 1.52. The Morgan fingerprint density at radius 2 is 1.90 bits per heavy atom. The molecule has 0 heterocycles. The molecule has 0 fully saturated rings. The number of likely N-dealkylation sites (N-methyl/N-ethyl adjacent to an activating group) is 1. The molecule has 8 heteroatoms. The van der Waals surface area contributed by atoms with Crippen molar-refractivity contribution in [2.45, 2.75) is 19.1 Å². The van der Waals surface area contributed by atoms with E-state index in [0.717, 1.165) is 6.07 Å². The van der Waals surface area contributed by atoms with Gasteiger partial charge in [-0.15, -0.1) is 0 Å². The summed E-state index contributed by atoms with van der Waals surface area (Å²) >= 11 is 0. The highest BCUT2D eigenvalue weighted by molar-refractivity contribution is 6.02. The first-order chi connectivity index (χ1) is 9.16. The Balaban J connectivity index is 3.15. The number of aromatic carboxylic acids is 1. The lowest BCUT2D eigenvalue weighted by Gasteiger charge is -2.14. The number of carbonyl (C=O) groups is 2. The molecule has 0 saturated heterocycles. The molecule has 0 aliphatic carbocycles.